The van der Waals surface area contributed by atoms with E-state index < -0.39 is 5.60 Å². The molecule has 0 aliphatic carbocycles. The zero-order valence-electron chi connectivity index (χ0n) is 9.66. The SMILES string of the molecule is COCCOCCCNCC(C)(O)CO. The van der Waals surface area contributed by atoms with Crippen molar-refractivity contribution in [3.8, 4) is 0 Å². The molecule has 0 rings (SSSR count). The lowest BCUT2D eigenvalue weighted by Crippen LogP contribution is -2.41. The Morgan fingerprint density at radius 3 is 2.60 bits per heavy atom. The van der Waals surface area contributed by atoms with Crippen molar-refractivity contribution in [1.29, 1.82) is 0 Å². The number of aliphatic hydroxyl groups is 2. The number of rotatable bonds is 10. The van der Waals surface area contributed by atoms with Gasteiger partial charge in [-0.3, -0.25) is 0 Å². The summed E-state index contributed by atoms with van der Waals surface area (Å²) in [5.41, 5.74) is -1.03. The fourth-order valence-electron chi connectivity index (χ4n) is 0.957. The van der Waals surface area contributed by atoms with E-state index >= 15 is 0 Å². The standard InChI is InChI=1S/C10H23NO4/c1-10(13,9-12)8-11-4-3-5-15-7-6-14-2/h11-13H,3-9H2,1-2H3. The molecule has 1 unspecified atom stereocenters. The number of hydrogen-bond acceptors (Lipinski definition) is 5. The monoisotopic (exact) mass is 221 g/mol. The van der Waals surface area contributed by atoms with Gasteiger partial charge in [0.05, 0.1) is 25.4 Å². The lowest BCUT2D eigenvalue weighted by Gasteiger charge is -2.20. The van der Waals surface area contributed by atoms with E-state index in [1.807, 2.05) is 0 Å². The van der Waals surface area contributed by atoms with E-state index in [4.69, 9.17) is 14.6 Å². The molecule has 0 aliphatic heterocycles. The van der Waals surface area contributed by atoms with Crippen molar-refractivity contribution in [2.75, 3.05) is 46.6 Å². The molecule has 15 heavy (non-hydrogen) atoms. The van der Waals surface area contributed by atoms with Crippen LogP contribution in [0.4, 0.5) is 0 Å². The quantitative estimate of drug-likeness (QED) is 0.429. The summed E-state index contributed by atoms with van der Waals surface area (Å²) in [5.74, 6) is 0. The molecule has 0 aliphatic rings. The maximum Gasteiger partial charge on any atom is 0.0972 e. The van der Waals surface area contributed by atoms with Gasteiger partial charge >= 0.3 is 0 Å². The fraction of sp³-hybridized carbons (Fsp3) is 1.00. The molecule has 0 aromatic heterocycles. The molecule has 0 saturated carbocycles. The highest BCUT2D eigenvalue weighted by molar-refractivity contribution is 4.73. The predicted molar refractivity (Wildman–Crippen MR) is 57.9 cm³/mol. The molecule has 5 heteroatoms. The van der Waals surface area contributed by atoms with Crippen LogP contribution >= 0.6 is 0 Å². The smallest absolute Gasteiger partial charge is 0.0972 e. The molecular formula is C10H23NO4. The lowest BCUT2D eigenvalue weighted by molar-refractivity contribution is 0.00229. The van der Waals surface area contributed by atoms with E-state index in [-0.39, 0.29) is 6.61 Å². The van der Waals surface area contributed by atoms with Gasteiger partial charge in [0.25, 0.3) is 0 Å². The molecule has 92 valence electrons. The molecule has 0 spiro atoms. The van der Waals surface area contributed by atoms with Crippen molar-refractivity contribution in [2.24, 2.45) is 0 Å². The third-order valence-electron chi connectivity index (χ3n) is 1.92. The second-order valence-corrected chi connectivity index (χ2v) is 3.79. The van der Waals surface area contributed by atoms with Crippen LogP contribution in [-0.2, 0) is 9.47 Å². The van der Waals surface area contributed by atoms with Crippen molar-refractivity contribution in [1.82, 2.24) is 5.32 Å². The summed E-state index contributed by atoms with van der Waals surface area (Å²) in [7, 11) is 1.64. The summed E-state index contributed by atoms with van der Waals surface area (Å²) in [6, 6.07) is 0. The topological polar surface area (TPSA) is 71.0 Å². The van der Waals surface area contributed by atoms with Gasteiger partial charge in [0.15, 0.2) is 0 Å². The van der Waals surface area contributed by atoms with Crippen molar-refractivity contribution < 1.29 is 19.7 Å². The van der Waals surface area contributed by atoms with Gasteiger partial charge in [-0.1, -0.05) is 0 Å². The second kappa shape index (κ2) is 9.06. The van der Waals surface area contributed by atoms with Gasteiger partial charge < -0.3 is 25.0 Å². The number of hydrogen-bond donors (Lipinski definition) is 3. The molecule has 0 amide bonds. The maximum absolute atomic E-state index is 9.44. The largest absolute Gasteiger partial charge is 0.393 e. The summed E-state index contributed by atoms with van der Waals surface area (Å²) in [6.07, 6.45) is 0.880. The van der Waals surface area contributed by atoms with Gasteiger partial charge in [0, 0.05) is 20.3 Å². The zero-order valence-corrected chi connectivity index (χ0v) is 9.66. The Kier molecular flexibility index (Phi) is 8.94. The highest BCUT2D eigenvalue weighted by atomic mass is 16.5. The van der Waals surface area contributed by atoms with E-state index in [1.165, 1.54) is 0 Å². The van der Waals surface area contributed by atoms with Crippen molar-refractivity contribution in [3.63, 3.8) is 0 Å². The molecule has 0 fully saturated rings. The van der Waals surface area contributed by atoms with E-state index in [2.05, 4.69) is 5.32 Å². The molecule has 0 aromatic rings. The first-order valence-electron chi connectivity index (χ1n) is 5.23. The van der Waals surface area contributed by atoms with Crippen LogP contribution in [0.15, 0.2) is 0 Å². The summed E-state index contributed by atoms with van der Waals surface area (Å²) >= 11 is 0. The Morgan fingerprint density at radius 1 is 1.27 bits per heavy atom. The molecular weight excluding hydrogens is 198 g/mol. The lowest BCUT2D eigenvalue weighted by atomic mass is 10.1. The van der Waals surface area contributed by atoms with Gasteiger partial charge in [-0.25, -0.2) is 0 Å². The van der Waals surface area contributed by atoms with E-state index in [9.17, 15) is 5.11 Å². The summed E-state index contributed by atoms with van der Waals surface area (Å²) in [6.45, 7) is 4.43. The third-order valence-corrected chi connectivity index (χ3v) is 1.92. The van der Waals surface area contributed by atoms with Crippen LogP contribution in [0.3, 0.4) is 0 Å². The fourth-order valence-corrected chi connectivity index (χ4v) is 0.957. The first-order chi connectivity index (χ1) is 7.12. The minimum Gasteiger partial charge on any atom is -0.393 e. The van der Waals surface area contributed by atoms with Crippen LogP contribution in [0.25, 0.3) is 0 Å². The molecule has 0 radical (unpaired) electrons. The molecule has 0 bridgehead atoms. The molecule has 0 aromatic carbocycles. The van der Waals surface area contributed by atoms with Crippen molar-refractivity contribution in [3.05, 3.63) is 0 Å². The summed E-state index contributed by atoms with van der Waals surface area (Å²) in [5, 5.41) is 21.2. The number of ether oxygens (including phenoxy) is 2. The van der Waals surface area contributed by atoms with Crippen LogP contribution < -0.4 is 5.32 Å². The first-order valence-corrected chi connectivity index (χ1v) is 5.23. The Labute approximate surface area is 91.4 Å². The third kappa shape index (κ3) is 10.1. The molecule has 0 heterocycles. The molecule has 0 saturated heterocycles. The second-order valence-electron chi connectivity index (χ2n) is 3.79. The Bertz CT molecular complexity index is 141. The highest BCUT2D eigenvalue weighted by Crippen LogP contribution is 1.98. The van der Waals surface area contributed by atoms with Gasteiger partial charge in [-0.15, -0.1) is 0 Å². The van der Waals surface area contributed by atoms with E-state index in [0.29, 0.717) is 26.4 Å². The van der Waals surface area contributed by atoms with Gasteiger partial charge in [0.1, 0.15) is 0 Å². The minimum absolute atomic E-state index is 0.232. The zero-order chi connectivity index (χ0) is 11.6. The molecule has 5 nitrogen and oxygen atoms in total. The van der Waals surface area contributed by atoms with Gasteiger partial charge in [0.2, 0.25) is 0 Å². The normalized spacial score (nSPS) is 15.2. The van der Waals surface area contributed by atoms with Crippen molar-refractivity contribution in [2.45, 2.75) is 18.9 Å². The van der Waals surface area contributed by atoms with Crippen LogP contribution in [0, 0.1) is 0 Å². The maximum atomic E-state index is 9.44. The Balaban J connectivity index is 3.11. The molecule has 3 N–H and O–H groups in total. The van der Waals surface area contributed by atoms with Crippen LogP contribution in [0.5, 0.6) is 0 Å². The van der Waals surface area contributed by atoms with Crippen molar-refractivity contribution >= 4 is 0 Å². The predicted octanol–water partition coefficient (Wildman–Crippen LogP) is -0.628. The number of aliphatic hydroxyl groups excluding tert-OH is 1. The summed E-state index contributed by atoms with van der Waals surface area (Å²) in [4.78, 5) is 0. The average Bonchev–Trinajstić information content (AvgIpc) is 2.22. The molecule has 1 atom stereocenters. The average molecular weight is 221 g/mol. The first kappa shape index (κ1) is 14.8. The Morgan fingerprint density at radius 2 is 2.00 bits per heavy atom. The summed E-state index contributed by atoms with van der Waals surface area (Å²) < 4.78 is 10.1. The van der Waals surface area contributed by atoms with Gasteiger partial charge in [-0.05, 0) is 19.9 Å². The number of methoxy groups -OCH3 is 1. The number of nitrogens with one attached hydrogen (secondary N) is 1. The van der Waals surface area contributed by atoms with Crippen LogP contribution in [0.1, 0.15) is 13.3 Å². The van der Waals surface area contributed by atoms with Gasteiger partial charge in [-0.2, -0.15) is 0 Å². The van der Waals surface area contributed by atoms with E-state index in [0.717, 1.165) is 13.0 Å². The highest BCUT2D eigenvalue weighted by Gasteiger charge is 2.17. The van der Waals surface area contributed by atoms with E-state index in [1.54, 1.807) is 14.0 Å². The van der Waals surface area contributed by atoms with Crippen LogP contribution in [0.2, 0.25) is 0 Å². The Hall–Kier alpha value is -0.200. The minimum atomic E-state index is -1.03. The van der Waals surface area contributed by atoms with Crippen LogP contribution in [-0.4, -0.2) is 62.4 Å².